The maximum atomic E-state index is 12.2. The number of benzene rings is 1. The van der Waals surface area contributed by atoms with Gasteiger partial charge in [0.25, 0.3) is 5.91 Å². The van der Waals surface area contributed by atoms with Crippen LogP contribution in [0.5, 0.6) is 11.5 Å². The number of ether oxygens (including phenoxy) is 2. The summed E-state index contributed by atoms with van der Waals surface area (Å²) >= 11 is 0. The molecule has 2 aliphatic heterocycles. The van der Waals surface area contributed by atoms with E-state index in [1.165, 1.54) is 25.7 Å². The van der Waals surface area contributed by atoms with E-state index in [4.69, 9.17) is 9.47 Å². The number of hydrogen-bond donors (Lipinski definition) is 2. The summed E-state index contributed by atoms with van der Waals surface area (Å²) in [6, 6.07) is 5.92. The van der Waals surface area contributed by atoms with Crippen LogP contribution in [-0.2, 0) is 4.79 Å². The molecule has 1 aromatic rings. The highest BCUT2D eigenvalue weighted by atomic mass is 16.7. The summed E-state index contributed by atoms with van der Waals surface area (Å²) in [5.41, 5.74) is 1.38. The average molecular weight is 327 g/mol. The van der Waals surface area contributed by atoms with E-state index >= 15 is 0 Å². The first-order chi connectivity index (χ1) is 11.8. The first kappa shape index (κ1) is 15.1. The Labute approximate surface area is 140 Å². The third kappa shape index (κ3) is 3.22. The van der Waals surface area contributed by atoms with E-state index in [0.29, 0.717) is 23.4 Å². The van der Waals surface area contributed by atoms with Gasteiger partial charge in [0.1, 0.15) is 5.70 Å². The highest BCUT2D eigenvalue weighted by Crippen LogP contribution is 2.33. The van der Waals surface area contributed by atoms with Crippen molar-refractivity contribution in [3.63, 3.8) is 0 Å². The van der Waals surface area contributed by atoms with Crippen LogP contribution in [0.15, 0.2) is 28.9 Å². The van der Waals surface area contributed by atoms with Gasteiger partial charge in [-0.15, -0.1) is 0 Å². The van der Waals surface area contributed by atoms with E-state index in [1.807, 2.05) is 18.2 Å². The smallest absolute Gasteiger partial charge is 0.274 e. The van der Waals surface area contributed by atoms with Crippen LogP contribution in [-0.4, -0.2) is 24.7 Å². The Bertz CT molecular complexity index is 703. The molecule has 6 heteroatoms. The molecular weight excluding hydrogens is 306 g/mol. The van der Waals surface area contributed by atoms with E-state index in [0.717, 1.165) is 24.2 Å². The van der Waals surface area contributed by atoms with Gasteiger partial charge in [0.2, 0.25) is 12.8 Å². The molecular formula is C18H21N3O3. The number of amides is 1. The summed E-state index contributed by atoms with van der Waals surface area (Å²) in [4.78, 5) is 16.8. The van der Waals surface area contributed by atoms with Gasteiger partial charge in [-0.05, 0) is 36.6 Å². The van der Waals surface area contributed by atoms with E-state index in [1.54, 1.807) is 6.08 Å². The molecule has 4 rings (SSSR count). The summed E-state index contributed by atoms with van der Waals surface area (Å²) in [7, 11) is 0. The first-order valence-electron chi connectivity index (χ1n) is 8.55. The molecule has 0 bridgehead atoms. The van der Waals surface area contributed by atoms with Gasteiger partial charge in [-0.25, -0.2) is 4.99 Å². The minimum atomic E-state index is -0.153. The Morgan fingerprint density at radius 3 is 2.67 bits per heavy atom. The SMILES string of the molecule is O=C1NC(=NC2CCCCCC2)N/C1=C\c1ccc2c(c1)OCO2. The molecule has 1 aromatic carbocycles. The molecule has 0 spiro atoms. The summed E-state index contributed by atoms with van der Waals surface area (Å²) in [5, 5.41) is 5.92. The molecule has 24 heavy (non-hydrogen) atoms. The van der Waals surface area contributed by atoms with Gasteiger partial charge in [0.05, 0.1) is 6.04 Å². The minimum absolute atomic E-state index is 0.153. The van der Waals surface area contributed by atoms with Crippen molar-refractivity contribution in [2.45, 2.75) is 44.6 Å². The standard InChI is InChI=1S/C18H21N3O3/c22-17-14(9-12-7-8-15-16(10-12)24-11-23-15)20-18(21-17)19-13-5-3-1-2-4-6-13/h7-10,13H,1-6,11H2,(H2,19,20,21,22)/b14-9-. The topological polar surface area (TPSA) is 72.0 Å². The number of nitrogens with one attached hydrogen (secondary N) is 2. The number of hydrogen-bond acceptors (Lipinski definition) is 4. The van der Waals surface area contributed by atoms with Crippen molar-refractivity contribution < 1.29 is 14.3 Å². The summed E-state index contributed by atoms with van der Waals surface area (Å²) < 4.78 is 10.7. The van der Waals surface area contributed by atoms with Gasteiger partial charge in [-0.2, -0.15) is 0 Å². The van der Waals surface area contributed by atoms with Crippen LogP contribution in [0.25, 0.3) is 6.08 Å². The molecule has 1 saturated carbocycles. The molecule has 126 valence electrons. The van der Waals surface area contributed by atoms with Gasteiger partial charge >= 0.3 is 0 Å². The minimum Gasteiger partial charge on any atom is -0.454 e. The van der Waals surface area contributed by atoms with Crippen molar-refractivity contribution in [2.24, 2.45) is 4.99 Å². The zero-order valence-electron chi connectivity index (χ0n) is 13.5. The molecule has 2 N–H and O–H groups in total. The molecule has 2 fully saturated rings. The number of carbonyl (C=O) groups excluding carboxylic acids is 1. The molecule has 1 saturated heterocycles. The fraction of sp³-hybridized carbons (Fsp3) is 0.444. The van der Waals surface area contributed by atoms with Crippen molar-refractivity contribution in [3.05, 3.63) is 29.5 Å². The third-order valence-electron chi connectivity index (χ3n) is 4.57. The lowest BCUT2D eigenvalue weighted by molar-refractivity contribution is -0.115. The zero-order chi connectivity index (χ0) is 16.4. The van der Waals surface area contributed by atoms with Gasteiger partial charge in [0, 0.05) is 0 Å². The van der Waals surface area contributed by atoms with Crippen LogP contribution in [0.2, 0.25) is 0 Å². The van der Waals surface area contributed by atoms with Crippen LogP contribution < -0.4 is 20.1 Å². The summed E-state index contributed by atoms with van der Waals surface area (Å²) in [6.45, 7) is 0.242. The molecule has 2 heterocycles. The van der Waals surface area contributed by atoms with Gasteiger partial charge in [-0.3, -0.25) is 10.1 Å². The summed E-state index contributed by atoms with van der Waals surface area (Å²) in [5.74, 6) is 1.85. The second-order valence-electron chi connectivity index (χ2n) is 6.37. The largest absolute Gasteiger partial charge is 0.454 e. The van der Waals surface area contributed by atoms with E-state index in [2.05, 4.69) is 15.6 Å². The lowest BCUT2D eigenvalue weighted by Crippen LogP contribution is -2.27. The highest BCUT2D eigenvalue weighted by Gasteiger charge is 2.23. The van der Waals surface area contributed by atoms with E-state index in [9.17, 15) is 4.79 Å². The molecule has 0 radical (unpaired) electrons. The average Bonchev–Trinajstić information content (AvgIpc) is 3.07. The monoisotopic (exact) mass is 327 g/mol. The number of rotatable bonds is 2. The van der Waals surface area contributed by atoms with Crippen molar-refractivity contribution in [2.75, 3.05) is 6.79 Å². The molecule has 6 nitrogen and oxygen atoms in total. The van der Waals surface area contributed by atoms with Gasteiger partial charge in [0.15, 0.2) is 11.5 Å². The van der Waals surface area contributed by atoms with E-state index in [-0.39, 0.29) is 12.7 Å². The number of nitrogens with zero attached hydrogens (tertiary/aromatic N) is 1. The Morgan fingerprint density at radius 1 is 1.04 bits per heavy atom. The number of fused-ring (bicyclic) bond motifs is 1. The Morgan fingerprint density at radius 2 is 1.83 bits per heavy atom. The van der Waals surface area contributed by atoms with Crippen molar-refractivity contribution >= 4 is 17.9 Å². The van der Waals surface area contributed by atoms with Gasteiger partial charge < -0.3 is 14.8 Å². The Balaban J connectivity index is 1.49. The molecule has 1 amide bonds. The predicted octanol–water partition coefficient (Wildman–Crippen LogP) is 2.55. The third-order valence-corrected chi connectivity index (χ3v) is 4.57. The van der Waals surface area contributed by atoms with Gasteiger partial charge in [-0.1, -0.05) is 31.7 Å². The second-order valence-corrected chi connectivity index (χ2v) is 6.37. The van der Waals surface area contributed by atoms with E-state index < -0.39 is 0 Å². The Kier molecular flexibility index (Phi) is 4.11. The molecule has 0 atom stereocenters. The molecule has 0 aromatic heterocycles. The van der Waals surface area contributed by atoms with Crippen molar-refractivity contribution in [3.8, 4) is 11.5 Å². The van der Waals surface area contributed by atoms with Crippen LogP contribution in [0.3, 0.4) is 0 Å². The van der Waals surface area contributed by atoms with Crippen LogP contribution in [0, 0.1) is 0 Å². The lowest BCUT2D eigenvalue weighted by atomic mass is 10.1. The number of guanidine groups is 1. The highest BCUT2D eigenvalue weighted by molar-refractivity contribution is 6.15. The van der Waals surface area contributed by atoms with Crippen molar-refractivity contribution in [1.29, 1.82) is 0 Å². The zero-order valence-corrected chi connectivity index (χ0v) is 13.5. The number of carbonyl (C=O) groups is 1. The molecule has 1 aliphatic carbocycles. The fourth-order valence-corrected chi connectivity index (χ4v) is 3.30. The fourth-order valence-electron chi connectivity index (χ4n) is 3.30. The van der Waals surface area contributed by atoms with Crippen LogP contribution in [0.1, 0.15) is 44.1 Å². The number of aliphatic imine (C=N–C) groups is 1. The van der Waals surface area contributed by atoms with Crippen molar-refractivity contribution in [1.82, 2.24) is 10.6 Å². The maximum Gasteiger partial charge on any atom is 0.274 e. The normalized spacial score (nSPS) is 24.1. The van der Waals surface area contributed by atoms with Crippen LogP contribution >= 0.6 is 0 Å². The molecule has 3 aliphatic rings. The Hall–Kier alpha value is -2.50. The molecule has 0 unspecified atom stereocenters. The maximum absolute atomic E-state index is 12.2. The van der Waals surface area contributed by atoms with Crippen LogP contribution in [0.4, 0.5) is 0 Å². The predicted molar refractivity (Wildman–Crippen MR) is 90.7 cm³/mol. The summed E-state index contributed by atoms with van der Waals surface area (Å²) in [6.07, 6.45) is 9.01. The lowest BCUT2D eigenvalue weighted by Gasteiger charge is -2.09. The second kappa shape index (κ2) is 6.55. The first-order valence-corrected chi connectivity index (χ1v) is 8.55. The quantitative estimate of drug-likeness (QED) is 0.647.